The minimum absolute atomic E-state index is 0.0983. The van der Waals surface area contributed by atoms with Gasteiger partial charge in [0.1, 0.15) is 0 Å². The molecule has 0 radical (unpaired) electrons. The zero-order valence-electron chi connectivity index (χ0n) is 13.6. The van der Waals surface area contributed by atoms with Gasteiger partial charge in [-0.25, -0.2) is 13.5 Å². The minimum Gasteiger partial charge on any atom is -0.352 e. The topological polar surface area (TPSA) is 46.9 Å². The highest BCUT2D eigenvalue weighted by Gasteiger charge is 2.39. The first-order valence-electron chi connectivity index (χ1n) is 8.17. The lowest BCUT2D eigenvalue weighted by atomic mass is 10.0. The van der Waals surface area contributed by atoms with E-state index >= 15 is 0 Å². The summed E-state index contributed by atoms with van der Waals surface area (Å²) in [6.07, 6.45) is 3.93. The van der Waals surface area contributed by atoms with Crippen molar-refractivity contribution in [2.45, 2.75) is 45.1 Å². The fourth-order valence-electron chi connectivity index (χ4n) is 3.19. The van der Waals surface area contributed by atoms with E-state index in [4.69, 9.17) is 0 Å². The summed E-state index contributed by atoms with van der Waals surface area (Å²) in [4.78, 5) is 12.0. The van der Waals surface area contributed by atoms with Crippen LogP contribution >= 0.6 is 0 Å². The maximum Gasteiger partial charge on any atom is 0.248 e. The standard InChI is InChI=1S/C18H21F2N3O/c1-13-9-16(23-8-2-7-22-23)4-3-15(13)12-21-17(24)10-14-5-6-18(19,20)11-14/h2-4,7-9,14H,5-6,10-12H2,1H3,(H,21,24). The van der Waals surface area contributed by atoms with Crippen LogP contribution in [0.3, 0.4) is 0 Å². The molecule has 1 unspecified atom stereocenters. The average molecular weight is 333 g/mol. The van der Waals surface area contributed by atoms with Gasteiger partial charge in [-0.3, -0.25) is 4.79 Å². The highest BCUT2D eigenvalue weighted by Crippen LogP contribution is 2.40. The zero-order valence-corrected chi connectivity index (χ0v) is 13.6. The molecule has 128 valence electrons. The highest BCUT2D eigenvalue weighted by atomic mass is 19.3. The fourth-order valence-corrected chi connectivity index (χ4v) is 3.19. The van der Waals surface area contributed by atoms with Gasteiger partial charge in [0.2, 0.25) is 11.8 Å². The van der Waals surface area contributed by atoms with Crippen LogP contribution in [0.4, 0.5) is 8.78 Å². The first-order valence-corrected chi connectivity index (χ1v) is 8.17. The summed E-state index contributed by atoms with van der Waals surface area (Å²) in [7, 11) is 0. The molecule has 2 aromatic rings. The molecule has 6 heteroatoms. The van der Waals surface area contributed by atoms with Crippen molar-refractivity contribution in [3.63, 3.8) is 0 Å². The lowest BCUT2D eigenvalue weighted by molar-refractivity contribution is -0.122. The zero-order chi connectivity index (χ0) is 17.2. The number of halogens is 2. The Balaban J connectivity index is 1.54. The Bertz CT molecular complexity index is 713. The van der Waals surface area contributed by atoms with Crippen molar-refractivity contribution in [1.29, 1.82) is 0 Å². The van der Waals surface area contributed by atoms with Gasteiger partial charge in [-0.2, -0.15) is 5.10 Å². The van der Waals surface area contributed by atoms with Crippen LogP contribution in [0.1, 0.15) is 36.8 Å². The third-order valence-corrected chi connectivity index (χ3v) is 4.55. The number of rotatable bonds is 5. The fraction of sp³-hybridized carbons (Fsp3) is 0.444. The largest absolute Gasteiger partial charge is 0.352 e. The van der Waals surface area contributed by atoms with Gasteiger partial charge in [-0.1, -0.05) is 6.07 Å². The second-order valence-corrected chi connectivity index (χ2v) is 6.51. The molecule has 0 saturated heterocycles. The quantitative estimate of drug-likeness (QED) is 0.908. The molecule has 1 amide bonds. The number of aryl methyl sites for hydroxylation is 1. The number of nitrogens with one attached hydrogen (secondary N) is 1. The number of nitrogens with zero attached hydrogens (tertiary/aromatic N) is 2. The smallest absolute Gasteiger partial charge is 0.248 e. The lowest BCUT2D eigenvalue weighted by Crippen LogP contribution is -2.25. The number of aromatic nitrogens is 2. The van der Waals surface area contributed by atoms with E-state index in [1.165, 1.54) is 0 Å². The van der Waals surface area contributed by atoms with Crippen LogP contribution in [0.2, 0.25) is 0 Å². The lowest BCUT2D eigenvalue weighted by Gasteiger charge is -2.12. The van der Waals surface area contributed by atoms with Gasteiger partial charge < -0.3 is 5.32 Å². The van der Waals surface area contributed by atoms with Crippen molar-refractivity contribution in [1.82, 2.24) is 15.1 Å². The predicted molar refractivity (Wildman–Crippen MR) is 87.1 cm³/mol. The van der Waals surface area contributed by atoms with E-state index in [-0.39, 0.29) is 31.1 Å². The highest BCUT2D eigenvalue weighted by molar-refractivity contribution is 5.76. The molecule has 0 bridgehead atoms. The van der Waals surface area contributed by atoms with Crippen LogP contribution in [-0.4, -0.2) is 21.6 Å². The summed E-state index contributed by atoms with van der Waals surface area (Å²) in [5.41, 5.74) is 3.02. The number of amides is 1. The normalized spacial score (nSPS) is 19.4. The first kappa shape index (κ1) is 16.6. The summed E-state index contributed by atoms with van der Waals surface area (Å²) in [6, 6.07) is 7.76. The molecule has 24 heavy (non-hydrogen) atoms. The Labute approximate surface area is 139 Å². The molecule has 1 heterocycles. The summed E-state index contributed by atoms with van der Waals surface area (Å²) in [5.74, 6) is -2.96. The van der Waals surface area contributed by atoms with Gasteiger partial charge in [0.25, 0.3) is 0 Å². The predicted octanol–water partition coefficient (Wildman–Crippen LogP) is 3.62. The second kappa shape index (κ2) is 6.71. The van der Waals surface area contributed by atoms with Crippen LogP contribution in [0, 0.1) is 12.8 Å². The summed E-state index contributed by atoms with van der Waals surface area (Å²) in [5, 5.41) is 7.03. The Hall–Kier alpha value is -2.24. The monoisotopic (exact) mass is 333 g/mol. The maximum absolute atomic E-state index is 13.2. The van der Waals surface area contributed by atoms with Crippen molar-refractivity contribution in [3.05, 3.63) is 47.8 Å². The molecule has 4 nitrogen and oxygen atoms in total. The van der Waals surface area contributed by atoms with Crippen molar-refractivity contribution in [3.8, 4) is 5.69 Å². The van der Waals surface area contributed by atoms with Crippen LogP contribution in [0.25, 0.3) is 5.69 Å². The van der Waals surface area contributed by atoms with Crippen molar-refractivity contribution in [2.75, 3.05) is 0 Å². The van der Waals surface area contributed by atoms with Crippen LogP contribution < -0.4 is 5.32 Å². The number of carbonyl (C=O) groups excluding carboxylic acids is 1. The molecule has 1 N–H and O–H groups in total. The van der Waals surface area contributed by atoms with Gasteiger partial charge >= 0.3 is 0 Å². The van der Waals surface area contributed by atoms with Crippen molar-refractivity contribution < 1.29 is 13.6 Å². The van der Waals surface area contributed by atoms with E-state index in [0.29, 0.717) is 13.0 Å². The molecule has 1 aliphatic carbocycles. The van der Waals surface area contributed by atoms with E-state index in [1.54, 1.807) is 10.9 Å². The molecule has 0 spiro atoms. The summed E-state index contributed by atoms with van der Waals surface area (Å²) < 4.78 is 28.1. The van der Waals surface area contributed by atoms with Crippen molar-refractivity contribution in [2.24, 2.45) is 5.92 Å². The molecule has 1 aliphatic rings. The van der Waals surface area contributed by atoms with Gasteiger partial charge in [0, 0.05) is 38.2 Å². The minimum atomic E-state index is -2.59. The number of carbonyl (C=O) groups is 1. The van der Waals surface area contributed by atoms with Gasteiger partial charge in [-0.05, 0) is 48.6 Å². The molecule has 1 saturated carbocycles. The third-order valence-electron chi connectivity index (χ3n) is 4.55. The number of hydrogen-bond donors (Lipinski definition) is 1. The van der Waals surface area contributed by atoms with Crippen LogP contribution in [-0.2, 0) is 11.3 Å². The molecule has 1 atom stereocenters. The van der Waals surface area contributed by atoms with Gasteiger partial charge in [0.15, 0.2) is 0 Å². The summed E-state index contributed by atoms with van der Waals surface area (Å²) in [6.45, 7) is 2.39. The second-order valence-electron chi connectivity index (χ2n) is 6.51. The molecule has 3 rings (SSSR count). The molecule has 1 fully saturated rings. The first-order chi connectivity index (χ1) is 11.4. The Kier molecular flexibility index (Phi) is 4.64. The van der Waals surface area contributed by atoms with Crippen LogP contribution in [0.15, 0.2) is 36.7 Å². The van der Waals surface area contributed by atoms with Crippen molar-refractivity contribution >= 4 is 5.91 Å². The van der Waals surface area contributed by atoms with Crippen LogP contribution in [0.5, 0.6) is 0 Å². The SMILES string of the molecule is Cc1cc(-n2cccn2)ccc1CNC(=O)CC1CCC(F)(F)C1. The van der Waals surface area contributed by atoms with Gasteiger partial charge in [-0.15, -0.1) is 0 Å². The van der Waals surface area contributed by atoms with E-state index in [1.807, 2.05) is 37.4 Å². The van der Waals surface area contributed by atoms with E-state index in [2.05, 4.69) is 10.4 Å². The van der Waals surface area contributed by atoms with Gasteiger partial charge in [0.05, 0.1) is 5.69 Å². The molecular formula is C18H21F2N3O. The maximum atomic E-state index is 13.2. The number of hydrogen-bond acceptors (Lipinski definition) is 2. The number of alkyl halides is 2. The van der Waals surface area contributed by atoms with E-state index in [9.17, 15) is 13.6 Å². The van der Waals surface area contributed by atoms with E-state index < -0.39 is 5.92 Å². The molecular weight excluding hydrogens is 312 g/mol. The third kappa shape index (κ3) is 3.99. The molecule has 1 aromatic carbocycles. The molecule has 1 aromatic heterocycles. The molecule has 0 aliphatic heterocycles. The van der Waals surface area contributed by atoms with E-state index in [0.717, 1.165) is 16.8 Å². The Morgan fingerprint density at radius 3 is 2.92 bits per heavy atom. The Morgan fingerprint density at radius 2 is 2.29 bits per heavy atom. The average Bonchev–Trinajstić information content (AvgIpc) is 3.16. The Morgan fingerprint density at radius 1 is 1.46 bits per heavy atom. The summed E-state index contributed by atoms with van der Waals surface area (Å²) >= 11 is 0. The number of benzene rings is 1.